The maximum Gasteiger partial charge on any atom is 0.0187 e. The maximum absolute atomic E-state index is 2.40. The first-order valence-corrected chi connectivity index (χ1v) is 7.39. The van der Waals surface area contributed by atoms with Crippen LogP contribution in [-0.2, 0) is 0 Å². The zero-order chi connectivity index (χ0) is 8.97. The lowest BCUT2D eigenvalue weighted by atomic mass is 9.94. The van der Waals surface area contributed by atoms with Crippen molar-refractivity contribution in [3.8, 4) is 0 Å². The third kappa shape index (κ3) is 2.59. The molecule has 0 saturated carbocycles. The molecule has 0 aromatic heterocycles. The molecular weight excluding hydrogens is 184 g/mol. The van der Waals surface area contributed by atoms with Crippen molar-refractivity contribution in [1.82, 2.24) is 0 Å². The van der Waals surface area contributed by atoms with E-state index in [0.717, 1.165) is 16.4 Å². The van der Waals surface area contributed by atoms with Crippen LogP contribution in [0.25, 0.3) is 0 Å². The molecule has 1 aliphatic heterocycles. The van der Waals surface area contributed by atoms with Gasteiger partial charge in [0.2, 0.25) is 0 Å². The minimum absolute atomic E-state index is 0.895. The standard InChI is InChI=1S/C10H20S2/c1-4-6-7-9-8(3)11-12-10(9)5-2/h8-10H,4-7H2,1-3H3. The molecule has 1 saturated heterocycles. The molecule has 72 valence electrons. The molecule has 0 aromatic carbocycles. The van der Waals surface area contributed by atoms with Crippen molar-refractivity contribution in [2.45, 2.75) is 57.0 Å². The first-order chi connectivity index (χ1) is 5.79. The fourth-order valence-corrected chi connectivity index (χ4v) is 5.59. The molecule has 0 aliphatic carbocycles. The molecule has 1 aliphatic rings. The summed E-state index contributed by atoms with van der Waals surface area (Å²) in [5.74, 6) is 0.991. The first-order valence-electron chi connectivity index (χ1n) is 5.11. The van der Waals surface area contributed by atoms with E-state index in [1.165, 1.54) is 25.7 Å². The fraction of sp³-hybridized carbons (Fsp3) is 1.00. The molecule has 1 rings (SSSR count). The van der Waals surface area contributed by atoms with Gasteiger partial charge in [-0.3, -0.25) is 0 Å². The average Bonchev–Trinajstić information content (AvgIpc) is 2.43. The summed E-state index contributed by atoms with van der Waals surface area (Å²) in [6.45, 7) is 7.02. The van der Waals surface area contributed by atoms with Crippen molar-refractivity contribution in [3.05, 3.63) is 0 Å². The third-order valence-electron chi connectivity index (χ3n) is 2.70. The second-order valence-electron chi connectivity index (χ2n) is 3.65. The molecule has 1 heterocycles. The minimum Gasteiger partial charge on any atom is -0.0904 e. The van der Waals surface area contributed by atoms with Gasteiger partial charge in [0, 0.05) is 10.5 Å². The third-order valence-corrected chi connectivity index (χ3v) is 6.38. The van der Waals surface area contributed by atoms with E-state index in [1.807, 2.05) is 0 Å². The monoisotopic (exact) mass is 204 g/mol. The van der Waals surface area contributed by atoms with E-state index in [4.69, 9.17) is 0 Å². The Hall–Kier alpha value is 0.700. The van der Waals surface area contributed by atoms with Crippen LogP contribution in [0.15, 0.2) is 0 Å². The lowest BCUT2D eigenvalue weighted by molar-refractivity contribution is 0.446. The van der Waals surface area contributed by atoms with Crippen molar-refractivity contribution in [3.63, 3.8) is 0 Å². The quantitative estimate of drug-likeness (QED) is 0.624. The highest BCUT2D eigenvalue weighted by molar-refractivity contribution is 8.77. The average molecular weight is 204 g/mol. The molecule has 0 amide bonds. The summed E-state index contributed by atoms with van der Waals surface area (Å²) in [5, 5.41) is 1.84. The van der Waals surface area contributed by atoms with E-state index < -0.39 is 0 Å². The van der Waals surface area contributed by atoms with Gasteiger partial charge in [-0.05, 0) is 18.8 Å². The summed E-state index contributed by atoms with van der Waals surface area (Å²) in [5.41, 5.74) is 0. The molecule has 12 heavy (non-hydrogen) atoms. The highest BCUT2D eigenvalue weighted by Gasteiger charge is 2.32. The Morgan fingerprint density at radius 3 is 2.50 bits per heavy atom. The summed E-state index contributed by atoms with van der Waals surface area (Å²) in [4.78, 5) is 0. The van der Waals surface area contributed by atoms with Crippen molar-refractivity contribution in [2.75, 3.05) is 0 Å². The Bertz CT molecular complexity index is 125. The smallest absolute Gasteiger partial charge is 0.0187 e. The topological polar surface area (TPSA) is 0 Å². The highest BCUT2D eigenvalue weighted by atomic mass is 33.1. The molecule has 3 unspecified atom stereocenters. The summed E-state index contributed by atoms with van der Waals surface area (Å²) in [7, 11) is 4.23. The van der Waals surface area contributed by atoms with E-state index in [1.54, 1.807) is 0 Å². The zero-order valence-electron chi connectivity index (χ0n) is 8.38. The molecule has 2 heteroatoms. The predicted molar refractivity (Wildman–Crippen MR) is 61.7 cm³/mol. The summed E-state index contributed by atoms with van der Waals surface area (Å²) >= 11 is 0. The molecule has 0 nitrogen and oxygen atoms in total. The minimum atomic E-state index is 0.895. The Labute approximate surface area is 84.7 Å². The zero-order valence-corrected chi connectivity index (χ0v) is 10.0. The molecule has 0 spiro atoms. The largest absolute Gasteiger partial charge is 0.0904 e. The lowest BCUT2D eigenvalue weighted by Gasteiger charge is -2.18. The molecule has 0 bridgehead atoms. The number of hydrogen-bond donors (Lipinski definition) is 0. The van der Waals surface area contributed by atoms with Crippen molar-refractivity contribution in [2.24, 2.45) is 5.92 Å². The van der Waals surface area contributed by atoms with E-state index in [9.17, 15) is 0 Å². The number of hydrogen-bond acceptors (Lipinski definition) is 2. The second kappa shape index (κ2) is 5.43. The predicted octanol–water partition coefficient (Wildman–Crippen LogP) is 4.35. The van der Waals surface area contributed by atoms with Crippen LogP contribution in [0, 0.1) is 5.92 Å². The van der Waals surface area contributed by atoms with E-state index in [0.29, 0.717) is 0 Å². The highest BCUT2D eigenvalue weighted by Crippen LogP contribution is 2.50. The van der Waals surface area contributed by atoms with E-state index in [-0.39, 0.29) is 0 Å². The van der Waals surface area contributed by atoms with Gasteiger partial charge in [-0.25, -0.2) is 0 Å². The fourth-order valence-electron chi connectivity index (χ4n) is 1.84. The van der Waals surface area contributed by atoms with Crippen molar-refractivity contribution < 1.29 is 0 Å². The van der Waals surface area contributed by atoms with Crippen molar-refractivity contribution >= 4 is 21.6 Å². The van der Waals surface area contributed by atoms with Gasteiger partial charge in [0.1, 0.15) is 0 Å². The van der Waals surface area contributed by atoms with Crippen LogP contribution in [0.5, 0.6) is 0 Å². The van der Waals surface area contributed by atoms with Gasteiger partial charge in [-0.2, -0.15) is 0 Å². The Kier molecular flexibility index (Phi) is 4.88. The van der Waals surface area contributed by atoms with Crippen LogP contribution in [-0.4, -0.2) is 10.5 Å². The van der Waals surface area contributed by atoms with Gasteiger partial charge in [-0.15, -0.1) is 0 Å². The number of unbranched alkanes of at least 4 members (excludes halogenated alkanes) is 1. The Morgan fingerprint density at radius 2 is 1.92 bits per heavy atom. The lowest BCUT2D eigenvalue weighted by Crippen LogP contribution is -2.18. The normalized spacial score (nSPS) is 35.8. The van der Waals surface area contributed by atoms with Crippen molar-refractivity contribution in [1.29, 1.82) is 0 Å². The second-order valence-corrected chi connectivity index (χ2v) is 6.54. The molecule has 3 atom stereocenters. The Balaban J connectivity index is 2.35. The number of rotatable bonds is 4. The molecule has 0 radical (unpaired) electrons. The molecule has 0 N–H and O–H groups in total. The van der Waals surface area contributed by atoms with Gasteiger partial charge in [0.05, 0.1) is 0 Å². The van der Waals surface area contributed by atoms with Gasteiger partial charge in [-0.1, -0.05) is 55.2 Å². The summed E-state index contributed by atoms with van der Waals surface area (Å²) < 4.78 is 0. The van der Waals surface area contributed by atoms with Crippen LogP contribution in [0.4, 0.5) is 0 Å². The first kappa shape index (κ1) is 10.8. The molecular formula is C10H20S2. The van der Waals surface area contributed by atoms with Crippen LogP contribution in [0.2, 0.25) is 0 Å². The van der Waals surface area contributed by atoms with E-state index in [2.05, 4.69) is 42.4 Å². The Morgan fingerprint density at radius 1 is 1.17 bits per heavy atom. The SMILES string of the molecule is CCCCC1C(C)SSC1CC. The summed E-state index contributed by atoms with van der Waals surface area (Å²) in [6.07, 6.45) is 5.59. The van der Waals surface area contributed by atoms with Crippen LogP contribution >= 0.6 is 21.6 Å². The molecule has 0 aromatic rings. The molecule has 1 fully saturated rings. The van der Waals surface area contributed by atoms with Gasteiger partial charge < -0.3 is 0 Å². The van der Waals surface area contributed by atoms with Gasteiger partial charge in [0.25, 0.3) is 0 Å². The summed E-state index contributed by atoms with van der Waals surface area (Å²) in [6, 6.07) is 0. The van der Waals surface area contributed by atoms with Gasteiger partial charge in [0.15, 0.2) is 0 Å². The van der Waals surface area contributed by atoms with Gasteiger partial charge >= 0.3 is 0 Å². The van der Waals surface area contributed by atoms with Crippen LogP contribution < -0.4 is 0 Å². The van der Waals surface area contributed by atoms with E-state index >= 15 is 0 Å². The van der Waals surface area contributed by atoms with Crippen LogP contribution in [0.3, 0.4) is 0 Å². The van der Waals surface area contributed by atoms with Crippen LogP contribution in [0.1, 0.15) is 46.5 Å². The maximum atomic E-state index is 2.40.